The molecule has 0 fully saturated rings. The van der Waals surface area contributed by atoms with Crippen LogP contribution in [0.3, 0.4) is 0 Å². The molecule has 0 aliphatic heterocycles. The average Bonchev–Trinajstić information content (AvgIpc) is 3.28. The predicted molar refractivity (Wildman–Crippen MR) is 119 cm³/mol. The number of hydrogen-bond acceptors (Lipinski definition) is 6. The van der Waals surface area contributed by atoms with Crippen LogP contribution in [-0.2, 0) is 17.8 Å². The number of nitrogens with one attached hydrogen (secondary N) is 1. The molecule has 0 aliphatic rings. The molecule has 0 radical (unpaired) electrons. The van der Waals surface area contributed by atoms with E-state index in [1.165, 1.54) is 29.1 Å². The Morgan fingerprint density at radius 3 is 2.52 bits per heavy atom. The molecule has 1 N–H and O–H groups in total. The van der Waals surface area contributed by atoms with Crippen molar-refractivity contribution in [1.29, 1.82) is 0 Å². The number of Topliss-reactive ketones (excluding diaryl/α,β-unsaturated/α-hetero) is 1. The van der Waals surface area contributed by atoms with Gasteiger partial charge in [-0.3, -0.25) is 9.59 Å². The molecule has 0 aliphatic carbocycles. The first-order valence-corrected chi connectivity index (χ1v) is 11.3. The number of thiophene rings is 1. The van der Waals surface area contributed by atoms with Crippen LogP contribution in [0, 0.1) is 6.92 Å². The van der Waals surface area contributed by atoms with Gasteiger partial charge in [-0.1, -0.05) is 18.7 Å². The average molecular weight is 429 g/mol. The molecule has 2 heterocycles. The molecule has 152 valence electrons. The summed E-state index contributed by atoms with van der Waals surface area (Å²) in [6, 6.07) is 6.88. The molecule has 3 aromatic rings. The predicted octanol–water partition coefficient (Wildman–Crippen LogP) is 4.83. The minimum atomic E-state index is -0.126. The third kappa shape index (κ3) is 4.76. The van der Waals surface area contributed by atoms with Gasteiger partial charge in [0.25, 0.3) is 0 Å². The minimum absolute atomic E-state index is 0.000171. The molecular formula is C21H24N4O2S2. The summed E-state index contributed by atoms with van der Waals surface area (Å²) in [4.78, 5) is 25.0. The normalized spacial score (nSPS) is 10.9. The molecule has 0 bridgehead atoms. The Kier molecular flexibility index (Phi) is 6.87. The third-order valence-electron chi connectivity index (χ3n) is 4.64. The second-order valence-electron chi connectivity index (χ2n) is 6.56. The number of hydrogen-bond donors (Lipinski definition) is 1. The lowest BCUT2D eigenvalue weighted by molar-refractivity contribution is -0.113. The number of anilines is 1. The van der Waals surface area contributed by atoms with Gasteiger partial charge in [0.1, 0.15) is 0 Å². The Hall–Kier alpha value is -2.45. The second-order valence-corrected chi connectivity index (χ2v) is 8.58. The lowest BCUT2D eigenvalue weighted by Gasteiger charge is -2.09. The summed E-state index contributed by atoms with van der Waals surface area (Å²) in [7, 11) is 0. The molecule has 3 rings (SSSR count). The smallest absolute Gasteiger partial charge is 0.234 e. The number of benzene rings is 1. The number of nitrogens with zero attached hydrogens (tertiary/aromatic N) is 3. The Bertz CT molecular complexity index is 1020. The number of carbonyl (C=O) groups is 2. The van der Waals surface area contributed by atoms with Crippen molar-refractivity contribution in [2.24, 2.45) is 0 Å². The molecule has 6 nitrogen and oxygen atoms in total. The van der Waals surface area contributed by atoms with Gasteiger partial charge in [-0.25, -0.2) is 0 Å². The van der Waals surface area contributed by atoms with E-state index >= 15 is 0 Å². The van der Waals surface area contributed by atoms with Crippen LogP contribution >= 0.6 is 23.1 Å². The van der Waals surface area contributed by atoms with Crippen LogP contribution in [0.1, 0.15) is 41.6 Å². The van der Waals surface area contributed by atoms with Gasteiger partial charge in [0.05, 0.1) is 5.75 Å². The maximum absolute atomic E-state index is 12.3. The molecule has 0 saturated heterocycles. The molecule has 0 atom stereocenters. The van der Waals surface area contributed by atoms with Crippen LogP contribution in [0.25, 0.3) is 11.4 Å². The fraction of sp³-hybridized carbons (Fsp3) is 0.333. The first kappa shape index (κ1) is 21.3. The van der Waals surface area contributed by atoms with E-state index in [9.17, 15) is 9.59 Å². The highest BCUT2D eigenvalue weighted by Crippen LogP contribution is 2.32. The molecule has 8 heteroatoms. The number of rotatable bonds is 8. The summed E-state index contributed by atoms with van der Waals surface area (Å²) >= 11 is 3.10. The highest BCUT2D eigenvalue weighted by molar-refractivity contribution is 7.99. The molecule has 2 aromatic heterocycles. The van der Waals surface area contributed by atoms with Gasteiger partial charge >= 0.3 is 0 Å². The standard InChI is InChI=1S/C21H24N4O2S2/c1-5-17-14(4)28-11-18(17)20-23-24-21(25(20)6-2)29-12-19(27)22-16-9-7-15(8-10-16)13(3)26/h7-11H,5-6,12H2,1-4H3,(H,22,27). The van der Waals surface area contributed by atoms with Crippen molar-refractivity contribution in [2.75, 3.05) is 11.1 Å². The van der Waals surface area contributed by atoms with Gasteiger partial charge < -0.3 is 9.88 Å². The van der Waals surface area contributed by atoms with Crippen molar-refractivity contribution in [3.63, 3.8) is 0 Å². The van der Waals surface area contributed by atoms with Gasteiger partial charge in [0.15, 0.2) is 16.8 Å². The fourth-order valence-corrected chi connectivity index (χ4v) is 4.84. The van der Waals surface area contributed by atoms with Crippen LogP contribution in [0.15, 0.2) is 34.8 Å². The van der Waals surface area contributed by atoms with Crippen molar-refractivity contribution in [3.8, 4) is 11.4 Å². The van der Waals surface area contributed by atoms with Gasteiger partial charge in [-0.2, -0.15) is 0 Å². The highest BCUT2D eigenvalue weighted by Gasteiger charge is 2.18. The molecule has 0 saturated carbocycles. The summed E-state index contributed by atoms with van der Waals surface area (Å²) in [6.45, 7) is 8.58. The first-order valence-electron chi connectivity index (χ1n) is 9.48. The van der Waals surface area contributed by atoms with E-state index in [-0.39, 0.29) is 17.4 Å². The number of ketones is 1. The fourth-order valence-electron chi connectivity index (χ4n) is 3.10. The largest absolute Gasteiger partial charge is 0.325 e. The lowest BCUT2D eigenvalue weighted by atomic mass is 10.1. The third-order valence-corrected chi connectivity index (χ3v) is 6.56. The van der Waals surface area contributed by atoms with E-state index in [4.69, 9.17) is 0 Å². The minimum Gasteiger partial charge on any atom is -0.325 e. The molecular weight excluding hydrogens is 404 g/mol. The number of aromatic nitrogens is 3. The lowest BCUT2D eigenvalue weighted by Crippen LogP contribution is -2.14. The Balaban J connectivity index is 1.68. The summed E-state index contributed by atoms with van der Waals surface area (Å²) in [6.07, 6.45) is 0.953. The SMILES string of the molecule is CCc1c(-c2nnc(SCC(=O)Nc3ccc(C(C)=O)cc3)n2CC)csc1C. The van der Waals surface area contributed by atoms with Crippen molar-refractivity contribution in [1.82, 2.24) is 14.8 Å². The molecule has 0 spiro atoms. The van der Waals surface area contributed by atoms with Crippen molar-refractivity contribution in [2.45, 2.75) is 45.8 Å². The number of aryl methyl sites for hydroxylation is 1. The van der Waals surface area contributed by atoms with Crippen LogP contribution in [-0.4, -0.2) is 32.2 Å². The van der Waals surface area contributed by atoms with Gasteiger partial charge in [-0.15, -0.1) is 21.5 Å². The Morgan fingerprint density at radius 1 is 1.17 bits per heavy atom. The second kappa shape index (κ2) is 9.37. The van der Waals surface area contributed by atoms with Gasteiger partial charge in [0.2, 0.25) is 5.91 Å². The van der Waals surface area contributed by atoms with Gasteiger partial charge in [0, 0.05) is 33.6 Å². The van der Waals surface area contributed by atoms with Crippen LogP contribution < -0.4 is 5.32 Å². The monoisotopic (exact) mass is 428 g/mol. The van der Waals surface area contributed by atoms with E-state index < -0.39 is 0 Å². The number of thioether (sulfide) groups is 1. The van der Waals surface area contributed by atoms with E-state index in [1.807, 2.05) is 0 Å². The number of amides is 1. The Morgan fingerprint density at radius 2 is 1.90 bits per heavy atom. The Labute approximate surface area is 178 Å². The summed E-state index contributed by atoms with van der Waals surface area (Å²) in [5, 5.41) is 14.4. The van der Waals surface area contributed by atoms with Gasteiger partial charge in [-0.05, 0) is 57.0 Å². The molecule has 1 aromatic carbocycles. The number of carbonyl (C=O) groups excluding carboxylic acids is 2. The van der Waals surface area contributed by atoms with Crippen molar-refractivity contribution < 1.29 is 9.59 Å². The van der Waals surface area contributed by atoms with Crippen molar-refractivity contribution in [3.05, 3.63) is 45.6 Å². The molecule has 0 unspecified atom stereocenters. The van der Waals surface area contributed by atoms with Crippen LogP contribution in [0.4, 0.5) is 5.69 Å². The first-order chi connectivity index (χ1) is 13.9. The highest BCUT2D eigenvalue weighted by atomic mass is 32.2. The zero-order valence-corrected chi connectivity index (χ0v) is 18.6. The van der Waals surface area contributed by atoms with E-state index in [1.54, 1.807) is 35.6 Å². The quantitative estimate of drug-likeness (QED) is 0.411. The zero-order chi connectivity index (χ0) is 21.0. The van der Waals surface area contributed by atoms with Crippen LogP contribution in [0.5, 0.6) is 0 Å². The molecule has 1 amide bonds. The van der Waals surface area contributed by atoms with E-state index in [0.717, 1.165) is 29.5 Å². The van der Waals surface area contributed by atoms with Crippen LogP contribution in [0.2, 0.25) is 0 Å². The van der Waals surface area contributed by atoms with Crippen molar-refractivity contribution >= 4 is 40.5 Å². The van der Waals surface area contributed by atoms with E-state index in [0.29, 0.717) is 11.3 Å². The molecule has 29 heavy (non-hydrogen) atoms. The summed E-state index contributed by atoms with van der Waals surface area (Å²) < 4.78 is 2.06. The zero-order valence-electron chi connectivity index (χ0n) is 17.0. The maximum Gasteiger partial charge on any atom is 0.234 e. The van der Waals surface area contributed by atoms with E-state index in [2.05, 4.69) is 46.2 Å². The topological polar surface area (TPSA) is 76.9 Å². The summed E-state index contributed by atoms with van der Waals surface area (Å²) in [5.74, 6) is 0.964. The maximum atomic E-state index is 12.3. The summed E-state index contributed by atoms with van der Waals surface area (Å²) in [5.41, 5.74) is 3.72.